The van der Waals surface area contributed by atoms with E-state index in [4.69, 9.17) is 34.8 Å². The van der Waals surface area contributed by atoms with E-state index in [0.717, 1.165) is 31.6 Å². The highest BCUT2D eigenvalue weighted by atomic mass is 35.5. The maximum absolute atomic E-state index is 12.5. The molecule has 1 fully saturated rings. The van der Waals surface area contributed by atoms with Crippen LogP contribution in [0.25, 0.3) is 0 Å². The van der Waals surface area contributed by atoms with Crippen molar-refractivity contribution in [2.75, 3.05) is 18.4 Å². The van der Waals surface area contributed by atoms with Crippen LogP contribution in [0, 0.1) is 0 Å². The molecule has 0 aliphatic carbocycles. The maximum Gasteiger partial charge on any atom is 0.255 e. The smallest absolute Gasteiger partial charge is 0.255 e. The minimum Gasteiger partial charge on any atom is -0.363 e. The second kappa shape index (κ2) is 7.85. The summed E-state index contributed by atoms with van der Waals surface area (Å²) >= 11 is 18.4. The number of nitrogens with one attached hydrogen (secondary N) is 1. The van der Waals surface area contributed by atoms with Crippen LogP contribution in [0.2, 0.25) is 15.2 Å². The zero-order valence-corrected chi connectivity index (χ0v) is 16.1. The van der Waals surface area contributed by atoms with Crippen molar-refractivity contribution in [1.29, 1.82) is 0 Å². The van der Waals surface area contributed by atoms with E-state index in [2.05, 4.69) is 10.3 Å². The summed E-state index contributed by atoms with van der Waals surface area (Å²) in [4.78, 5) is 18.7. The van der Waals surface area contributed by atoms with Crippen molar-refractivity contribution in [3.8, 4) is 0 Å². The number of amides is 1. The van der Waals surface area contributed by atoms with Crippen LogP contribution in [0.15, 0.2) is 18.3 Å². The highest BCUT2D eigenvalue weighted by Crippen LogP contribution is 2.27. The Morgan fingerprint density at radius 2 is 1.88 bits per heavy atom. The number of carbonyl (C=O) groups is 1. The first-order valence-corrected chi connectivity index (χ1v) is 9.29. The maximum atomic E-state index is 12.5. The predicted octanol–water partition coefficient (Wildman–Crippen LogP) is 4.62. The molecule has 0 spiro atoms. The zero-order valence-electron chi connectivity index (χ0n) is 13.9. The number of nitrogens with zero attached hydrogens (tertiary/aromatic N) is 3. The number of anilines is 1. The summed E-state index contributed by atoms with van der Waals surface area (Å²) in [6.45, 7) is 2.06. The van der Waals surface area contributed by atoms with E-state index in [1.165, 1.54) is 6.42 Å². The van der Waals surface area contributed by atoms with Gasteiger partial charge in [-0.2, -0.15) is 0 Å². The normalized spacial score (nSPS) is 14.6. The Kier molecular flexibility index (Phi) is 5.77. The van der Waals surface area contributed by atoms with Crippen molar-refractivity contribution < 1.29 is 4.79 Å². The van der Waals surface area contributed by atoms with Gasteiger partial charge in [0.25, 0.3) is 5.91 Å². The Morgan fingerprint density at radius 3 is 2.48 bits per heavy atom. The Bertz CT molecular complexity index is 784. The number of likely N-dealkylation sites (tertiary alicyclic amines) is 1. The molecule has 1 aliphatic rings. The largest absolute Gasteiger partial charge is 0.363 e. The third kappa shape index (κ3) is 4.05. The van der Waals surface area contributed by atoms with Crippen LogP contribution >= 0.6 is 34.8 Å². The van der Waals surface area contributed by atoms with E-state index < -0.39 is 0 Å². The van der Waals surface area contributed by atoms with Gasteiger partial charge in [-0.05, 0) is 31.4 Å². The van der Waals surface area contributed by atoms with Gasteiger partial charge in [0, 0.05) is 32.0 Å². The number of rotatable bonds is 4. The van der Waals surface area contributed by atoms with Crippen LogP contribution in [0.1, 0.15) is 35.3 Å². The van der Waals surface area contributed by atoms with Gasteiger partial charge in [0.2, 0.25) is 0 Å². The highest BCUT2D eigenvalue weighted by Gasteiger charge is 2.19. The number of aromatic nitrogens is 2. The van der Waals surface area contributed by atoms with E-state index in [9.17, 15) is 4.79 Å². The van der Waals surface area contributed by atoms with E-state index in [1.54, 1.807) is 22.9 Å². The molecule has 2 aromatic rings. The van der Waals surface area contributed by atoms with E-state index in [0.29, 0.717) is 33.1 Å². The standard InChI is InChI=1S/C17H19Cl3N4O/c1-23-12(8-13(18)15(23)20)10-22-16-14(19)7-11(9-21-16)17(25)24-5-3-2-4-6-24/h7-9H,2-6,10H2,1H3,(H,21,22). The molecule has 3 rings (SSSR count). The summed E-state index contributed by atoms with van der Waals surface area (Å²) in [6.07, 6.45) is 4.84. The lowest BCUT2D eigenvalue weighted by molar-refractivity contribution is 0.0724. The number of halogens is 3. The minimum atomic E-state index is -0.0124. The van der Waals surface area contributed by atoms with Crippen molar-refractivity contribution in [3.05, 3.63) is 44.8 Å². The topological polar surface area (TPSA) is 50.2 Å². The quantitative estimate of drug-likeness (QED) is 0.813. The molecule has 1 amide bonds. The summed E-state index contributed by atoms with van der Waals surface area (Å²) in [6, 6.07) is 3.46. The van der Waals surface area contributed by atoms with Crippen LogP contribution in [-0.2, 0) is 13.6 Å². The van der Waals surface area contributed by atoms with Gasteiger partial charge < -0.3 is 14.8 Å². The molecular formula is C17H19Cl3N4O. The first-order chi connectivity index (χ1) is 12.0. The van der Waals surface area contributed by atoms with Crippen LogP contribution < -0.4 is 5.32 Å². The fourth-order valence-electron chi connectivity index (χ4n) is 2.90. The molecule has 0 atom stereocenters. The van der Waals surface area contributed by atoms with Crippen LogP contribution in [-0.4, -0.2) is 33.4 Å². The molecule has 0 radical (unpaired) electrons. The third-order valence-electron chi connectivity index (χ3n) is 4.38. The van der Waals surface area contributed by atoms with Gasteiger partial charge in [-0.15, -0.1) is 0 Å². The molecule has 0 unspecified atom stereocenters. The minimum absolute atomic E-state index is 0.0124. The van der Waals surface area contributed by atoms with Crippen molar-refractivity contribution >= 4 is 46.5 Å². The third-order valence-corrected chi connectivity index (χ3v) is 5.51. The van der Waals surface area contributed by atoms with Crippen molar-refractivity contribution in [1.82, 2.24) is 14.5 Å². The zero-order chi connectivity index (χ0) is 18.0. The SMILES string of the molecule is Cn1c(CNc2ncc(C(=O)N3CCCCC3)cc2Cl)cc(Cl)c1Cl. The molecular weight excluding hydrogens is 383 g/mol. The van der Waals surface area contributed by atoms with Gasteiger partial charge >= 0.3 is 0 Å². The highest BCUT2D eigenvalue weighted by molar-refractivity contribution is 6.41. The monoisotopic (exact) mass is 400 g/mol. The number of carbonyl (C=O) groups excluding carboxylic acids is 1. The first kappa shape index (κ1) is 18.4. The molecule has 1 aliphatic heterocycles. The fourth-order valence-corrected chi connectivity index (χ4v) is 3.55. The number of hydrogen-bond donors (Lipinski definition) is 1. The Balaban J connectivity index is 1.69. The van der Waals surface area contributed by atoms with E-state index >= 15 is 0 Å². The lowest BCUT2D eigenvalue weighted by atomic mass is 10.1. The van der Waals surface area contributed by atoms with Gasteiger partial charge in [-0.1, -0.05) is 34.8 Å². The predicted molar refractivity (Wildman–Crippen MR) is 102 cm³/mol. The van der Waals surface area contributed by atoms with Crippen molar-refractivity contribution in [2.24, 2.45) is 7.05 Å². The van der Waals surface area contributed by atoms with Crippen LogP contribution in [0.5, 0.6) is 0 Å². The number of pyridine rings is 1. The molecule has 8 heteroatoms. The van der Waals surface area contributed by atoms with E-state index in [-0.39, 0.29) is 5.91 Å². The van der Waals surface area contributed by atoms with Gasteiger partial charge in [0.15, 0.2) is 0 Å². The fraction of sp³-hybridized carbons (Fsp3) is 0.412. The molecule has 2 aromatic heterocycles. The lowest BCUT2D eigenvalue weighted by Crippen LogP contribution is -2.35. The number of hydrogen-bond acceptors (Lipinski definition) is 3. The first-order valence-electron chi connectivity index (χ1n) is 8.15. The molecule has 0 aromatic carbocycles. The van der Waals surface area contributed by atoms with Crippen molar-refractivity contribution in [3.63, 3.8) is 0 Å². The molecule has 25 heavy (non-hydrogen) atoms. The van der Waals surface area contributed by atoms with Gasteiger partial charge in [0.05, 0.1) is 22.2 Å². The Hall–Kier alpha value is -1.43. The van der Waals surface area contributed by atoms with Crippen molar-refractivity contribution in [2.45, 2.75) is 25.8 Å². The van der Waals surface area contributed by atoms with Gasteiger partial charge in [-0.25, -0.2) is 4.98 Å². The van der Waals surface area contributed by atoms with Gasteiger partial charge in [0.1, 0.15) is 11.0 Å². The summed E-state index contributed by atoms with van der Waals surface area (Å²) in [5.41, 5.74) is 1.42. The van der Waals surface area contributed by atoms with Crippen LogP contribution in [0.3, 0.4) is 0 Å². The molecule has 0 saturated carbocycles. The van der Waals surface area contributed by atoms with Crippen LogP contribution in [0.4, 0.5) is 5.82 Å². The Labute approximate surface area is 161 Å². The second-order valence-electron chi connectivity index (χ2n) is 6.09. The van der Waals surface area contributed by atoms with Gasteiger partial charge in [-0.3, -0.25) is 4.79 Å². The van der Waals surface area contributed by atoms with E-state index in [1.807, 2.05) is 11.9 Å². The molecule has 1 N–H and O–H groups in total. The summed E-state index contributed by atoms with van der Waals surface area (Å²) in [7, 11) is 1.83. The second-order valence-corrected chi connectivity index (χ2v) is 7.27. The Morgan fingerprint density at radius 1 is 1.16 bits per heavy atom. The summed E-state index contributed by atoms with van der Waals surface area (Å²) < 4.78 is 1.79. The molecule has 0 bridgehead atoms. The molecule has 5 nitrogen and oxygen atoms in total. The number of piperidine rings is 1. The lowest BCUT2D eigenvalue weighted by Gasteiger charge is -2.26. The molecule has 1 saturated heterocycles. The average molecular weight is 402 g/mol. The molecule has 3 heterocycles. The summed E-state index contributed by atoms with van der Waals surface area (Å²) in [5, 5.41) is 4.55. The summed E-state index contributed by atoms with van der Waals surface area (Å²) in [5.74, 6) is 0.506. The molecule has 134 valence electrons. The average Bonchev–Trinajstić information content (AvgIpc) is 2.87.